The number of benzene rings is 3. The van der Waals surface area contributed by atoms with E-state index in [1.54, 1.807) is 61.7 Å². The molecule has 0 saturated heterocycles. The van der Waals surface area contributed by atoms with E-state index in [0.29, 0.717) is 22.6 Å². The lowest BCUT2D eigenvalue weighted by Crippen LogP contribution is -2.11. The molecule has 0 N–H and O–H groups in total. The number of carbonyl (C=O) groups excluding carboxylic acids is 2. The van der Waals surface area contributed by atoms with Crippen molar-refractivity contribution in [2.75, 3.05) is 13.7 Å². The van der Waals surface area contributed by atoms with E-state index in [4.69, 9.17) is 14.2 Å². The number of para-hydroxylation sites is 1. The van der Waals surface area contributed by atoms with Gasteiger partial charge in [-0.25, -0.2) is 0 Å². The topological polar surface area (TPSA) is 61.8 Å². The van der Waals surface area contributed by atoms with Crippen molar-refractivity contribution in [3.63, 3.8) is 0 Å². The maximum atomic E-state index is 12.6. The van der Waals surface area contributed by atoms with Crippen LogP contribution in [0.3, 0.4) is 0 Å². The fourth-order valence-electron chi connectivity index (χ4n) is 3.17. The van der Waals surface area contributed by atoms with Gasteiger partial charge in [0, 0.05) is 17.2 Å². The summed E-state index contributed by atoms with van der Waals surface area (Å²) in [6.07, 6.45) is 5.20. The molecule has 1 aliphatic heterocycles. The summed E-state index contributed by atoms with van der Waals surface area (Å²) < 4.78 is 16.6. The third kappa shape index (κ3) is 4.56. The Labute approximate surface area is 180 Å². The average molecular weight is 412 g/mol. The van der Waals surface area contributed by atoms with Gasteiger partial charge in [-0.3, -0.25) is 9.59 Å². The van der Waals surface area contributed by atoms with Crippen molar-refractivity contribution in [2.24, 2.45) is 0 Å². The highest BCUT2D eigenvalue weighted by atomic mass is 16.5. The molecule has 3 aromatic rings. The summed E-state index contributed by atoms with van der Waals surface area (Å²) in [6.45, 7) is -0.0961. The maximum absolute atomic E-state index is 12.6. The van der Waals surface area contributed by atoms with Gasteiger partial charge in [-0.15, -0.1) is 0 Å². The van der Waals surface area contributed by atoms with Crippen LogP contribution in [0.25, 0.3) is 6.08 Å². The van der Waals surface area contributed by atoms with E-state index in [-0.39, 0.29) is 23.9 Å². The van der Waals surface area contributed by atoms with Crippen molar-refractivity contribution >= 4 is 17.6 Å². The standard InChI is InChI=1S/C26H20O5/c1-29-23-12-6-5-10-19(23)11-7-13-24-26(28)21-15-14-20(16-25(21)31-24)30-17-22(27)18-8-3-2-4-9-18/h2-16H,17H2,1H3/b11-7+,24-13+. The molecule has 0 bridgehead atoms. The summed E-state index contributed by atoms with van der Waals surface area (Å²) >= 11 is 0. The second-order valence-electron chi connectivity index (χ2n) is 6.80. The highest BCUT2D eigenvalue weighted by Crippen LogP contribution is 2.34. The van der Waals surface area contributed by atoms with Gasteiger partial charge in [0.05, 0.1) is 12.7 Å². The molecular weight excluding hydrogens is 392 g/mol. The zero-order chi connectivity index (χ0) is 21.6. The average Bonchev–Trinajstić information content (AvgIpc) is 3.13. The molecule has 0 aliphatic carbocycles. The summed E-state index contributed by atoms with van der Waals surface area (Å²) in [6, 6.07) is 21.4. The second-order valence-corrected chi connectivity index (χ2v) is 6.80. The maximum Gasteiger partial charge on any atom is 0.231 e. The van der Waals surface area contributed by atoms with Crippen molar-refractivity contribution in [1.82, 2.24) is 0 Å². The molecule has 0 fully saturated rings. The third-order valence-electron chi connectivity index (χ3n) is 4.77. The third-order valence-corrected chi connectivity index (χ3v) is 4.77. The number of ketones is 2. The quantitative estimate of drug-likeness (QED) is 0.398. The van der Waals surface area contributed by atoms with E-state index in [1.807, 2.05) is 36.4 Å². The Bertz CT molecular complexity index is 1180. The van der Waals surface area contributed by atoms with Crippen LogP contribution in [-0.2, 0) is 0 Å². The van der Waals surface area contributed by atoms with Gasteiger partial charge in [-0.05, 0) is 24.3 Å². The molecule has 0 amide bonds. The molecule has 154 valence electrons. The molecule has 5 nitrogen and oxygen atoms in total. The summed E-state index contributed by atoms with van der Waals surface area (Å²) in [5, 5.41) is 0. The highest BCUT2D eigenvalue weighted by Gasteiger charge is 2.27. The van der Waals surface area contributed by atoms with E-state index in [2.05, 4.69) is 0 Å². The lowest BCUT2D eigenvalue weighted by atomic mass is 10.1. The van der Waals surface area contributed by atoms with E-state index < -0.39 is 0 Å². The van der Waals surface area contributed by atoms with Gasteiger partial charge in [-0.1, -0.05) is 60.7 Å². The Morgan fingerprint density at radius 1 is 1.00 bits per heavy atom. The van der Waals surface area contributed by atoms with Crippen molar-refractivity contribution in [1.29, 1.82) is 0 Å². The fourth-order valence-corrected chi connectivity index (χ4v) is 3.17. The van der Waals surface area contributed by atoms with E-state index >= 15 is 0 Å². The lowest BCUT2D eigenvalue weighted by Gasteiger charge is -2.06. The molecule has 5 heteroatoms. The second kappa shape index (κ2) is 9.13. The predicted molar refractivity (Wildman–Crippen MR) is 118 cm³/mol. The lowest BCUT2D eigenvalue weighted by molar-refractivity contribution is 0.0921. The molecule has 0 aromatic heterocycles. The van der Waals surface area contributed by atoms with Gasteiger partial charge in [-0.2, -0.15) is 0 Å². The van der Waals surface area contributed by atoms with Crippen LogP contribution in [0.1, 0.15) is 26.3 Å². The number of methoxy groups -OCH3 is 1. The fraction of sp³-hybridized carbons (Fsp3) is 0.0769. The number of allylic oxidation sites excluding steroid dienone is 3. The Kier molecular flexibility index (Phi) is 5.94. The summed E-state index contributed by atoms with van der Waals surface area (Å²) in [7, 11) is 1.61. The van der Waals surface area contributed by atoms with Gasteiger partial charge >= 0.3 is 0 Å². The smallest absolute Gasteiger partial charge is 0.231 e. The minimum absolute atomic E-state index is 0.0961. The number of Topliss-reactive ketones (excluding diaryl/α,β-unsaturated/α-hetero) is 2. The molecular formula is C26H20O5. The zero-order valence-corrected chi connectivity index (χ0v) is 16.9. The van der Waals surface area contributed by atoms with Crippen molar-refractivity contribution in [3.05, 3.63) is 107 Å². The number of hydrogen-bond donors (Lipinski definition) is 0. The number of ether oxygens (including phenoxy) is 3. The van der Waals surface area contributed by atoms with Crippen LogP contribution in [0.5, 0.6) is 17.2 Å². The minimum Gasteiger partial charge on any atom is -0.496 e. The molecule has 31 heavy (non-hydrogen) atoms. The Morgan fingerprint density at radius 3 is 2.58 bits per heavy atom. The predicted octanol–water partition coefficient (Wildman–Crippen LogP) is 5.13. The first-order valence-electron chi connectivity index (χ1n) is 9.75. The van der Waals surface area contributed by atoms with Gasteiger partial charge in [0.15, 0.2) is 18.1 Å². The van der Waals surface area contributed by atoms with E-state index in [1.165, 1.54) is 0 Å². The minimum atomic E-state index is -0.202. The van der Waals surface area contributed by atoms with Crippen LogP contribution in [0, 0.1) is 0 Å². The molecule has 0 saturated carbocycles. The molecule has 1 aliphatic rings. The normalized spacial score (nSPS) is 13.8. The number of fused-ring (bicyclic) bond motifs is 1. The molecule has 0 unspecified atom stereocenters. The molecule has 0 radical (unpaired) electrons. The summed E-state index contributed by atoms with van der Waals surface area (Å²) in [5.74, 6) is 1.50. The van der Waals surface area contributed by atoms with Gasteiger partial charge < -0.3 is 14.2 Å². The van der Waals surface area contributed by atoms with Gasteiger partial charge in [0.25, 0.3) is 0 Å². The zero-order valence-electron chi connectivity index (χ0n) is 16.9. The van der Waals surface area contributed by atoms with Crippen molar-refractivity contribution < 1.29 is 23.8 Å². The number of hydrogen-bond acceptors (Lipinski definition) is 5. The van der Waals surface area contributed by atoms with Crippen molar-refractivity contribution in [2.45, 2.75) is 0 Å². The van der Waals surface area contributed by atoms with Crippen LogP contribution in [0.2, 0.25) is 0 Å². The number of rotatable bonds is 7. The highest BCUT2D eigenvalue weighted by molar-refractivity contribution is 6.12. The first kappa shape index (κ1) is 20.2. The molecule has 4 rings (SSSR count). The summed E-state index contributed by atoms with van der Waals surface area (Å²) in [4.78, 5) is 24.8. The van der Waals surface area contributed by atoms with Crippen LogP contribution in [-0.4, -0.2) is 25.3 Å². The molecule has 0 spiro atoms. The molecule has 0 atom stereocenters. The van der Waals surface area contributed by atoms with Gasteiger partial charge in [0.1, 0.15) is 17.2 Å². The first-order chi connectivity index (χ1) is 15.2. The Hall–Kier alpha value is -4.12. The van der Waals surface area contributed by atoms with Crippen LogP contribution < -0.4 is 14.2 Å². The van der Waals surface area contributed by atoms with E-state index in [0.717, 1.165) is 11.3 Å². The Balaban J connectivity index is 1.43. The SMILES string of the molecule is COc1ccccc1/C=C/C=C1/Oc2cc(OCC(=O)c3ccccc3)ccc2C1=O. The van der Waals surface area contributed by atoms with Crippen LogP contribution in [0.4, 0.5) is 0 Å². The monoisotopic (exact) mass is 412 g/mol. The van der Waals surface area contributed by atoms with Crippen LogP contribution >= 0.6 is 0 Å². The molecule has 3 aromatic carbocycles. The summed E-state index contributed by atoms with van der Waals surface area (Å²) in [5.41, 5.74) is 1.93. The Morgan fingerprint density at radius 2 is 1.77 bits per heavy atom. The molecule has 1 heterocycles. The number of carbonyl (C=O) groups is 2. The van der Waals surface area contributed by atoms with E-state index in [9.17, 15) is 9.59 Å². The first-order valence-corrected chi connectivity index (χ1v) is 9.75. The van der Waals surface area contributed by atoms with Crippen molar-refractivity contribution in [3.8, 4) is 17.2 Å². The van der Waals surface area contributed by atoms with Gasteiger partial charge in [0.2, 0.25) is 5.78 Å². The largest absolute Gasteiger partial charge is 0.496 e. The van der Waals surface area contributed by atoms with Crippen LogP contribution in [0.15, 0.2) is 90.7 Å².